The Morgan fingerprint density at radius 3 is 1.71 bits per heavy atom. The predicted molar refractivity (Wildman–Crippen MR) is 230 cm³/mol. The van der Waals surface area contributed by atoms with Gasteiger partial charge in [-0.25, -0.2) is 17.6 Å². The molecule has 6 unspecified atom stereocenters. The third-order valence-electron chi connectivity index (χ3n) is 11.9. The first-order valence-electron chi connectivity index (χ1n) is 21.9. The molecule has 0 radical (unpaired) electrons. The second-order valence-corrected chi connectivity index (χ2v) is 18.6. The molecule has 4 amide bonds. The largest absolute Gasteiger partial charge is 0.552 e. The van der Waals surface area contributed by atoms with E-state index in [4.69, 9.17) is 18.6 Å². The SMILES string of the molecule is CC(C)CC(NC(=O)CNC(=O)C1CCN1c1cc(CC(C)(C)C2OB(C(CC(C)C)NC(=O)CNC(=O)C3CCN3c3ccc(F)cc3F)OC2=O)c(F)cc1F)B1OC(=O)C(C)O1. The van der Waals surface area contributed by atoms with Crippen LogP contribution >= 0.6 is 0 Å². The maximum absolute atomic E-state index is 15.5. The van der Waals surface area contributed by atoms with E-state index < -0.39 is 128 Å². The number of anilines is 2. The number of hydrogen-bond acceptors (Lipinski definition) is 12. The average molecular weight is 915 g/mol. The summed E-state index contributed by atoms with van der Waals surface area (Å²) in [6.45, 7) is 12.2. The molecule has 22 heteroatoms. The van der Waals surface area contributed by atoms with Crippen molar-refractivity contribution in [3.63, 3.8) is 0 Å². The summed E-state index contributed by atoms with van der Waals surface area (Å²) in [5.74, 6) is -8.32. The third kappa shape index (κ3) is 11.7. The standard InChI is InChI=1S/C43H56B2F4N6O10/c1-22(2)14-34(44-62-24(5)41(60)64-44)52-36(56)20-51-40(59)32-11-13-55(32)33-16-25(27(47)18-29(33)49)19-43(6,7)38-42(61)65-45(63-38)35(15-23(3)4)53-37(57)21-50-39(58)31-10-12-54(31)30-9-8-26(46)17-28(30)48/h8-9,16-18,22-24,31-32,34-35,38H,10-15,19-21H2,1-7H3,(H,50,58)(H,51,59)(H,52,56)(H,53,57). The second-order valence-electron chi connectivity index (χ2n) is 18.6. The van der Waals surface area contributed by atoms with Gasteiger partial charge in [0, 0.05) is 30.6 Å². The molecule has 0 spiro atoms. The highest BCUT2D eigenvalue weighted by Crippen LogP contribution is 2.38. The Morgan fingerprint density at radius 1 is 0.723 bits per heavy atom. The Bertz CT molecular complexity index is 2160. The Balaban J connectivity index is 1.03. The van der Waals surface area contributed by atoms with Crippen molar-refractivity contribution in [3.05, 3.63) is 59.2 Å². The lowest BCUT2D eigenvalue weighted by molar-refractivity contribution is -0.140. The zero-order chi connectivity index (χ0) is 47.5. The topological polar surface area (TPSA) is 194 Å². The molecule has 4 aliphatic heterocycles. The van der Waals surface area contributed by atoms with E-state index in [9.17, 15) is 37.5 Å². The van der Waals surface area contributed by atoms with Crippen LogP contribution in [0.15, 0.2) is 30.3 Å². The molecular formula is C43H56B2F4N6O10. The minimum absolute atomic E-state index is 0.0133. The van der Waals surface area contributed by atoms with E-state index in [1.165, 1.54) is 21.9 Å². The molecule has 6 atom stereocenters. The third-order valence-corrected chi connectivity index (χ3v) is 11.9. The number of benzene rings is 2. The fourth-order valence-electron chi connectivity index (χ4n) is 8.45. The van der Waals surface area contributed by atoms with Crippen molar-refractivity contribution in [2.45, 2.75) is 117 Å². The van der Waals surface area contributed by atoms with E-state index in [1.807, 2.05) is 27.7 Å². The fourth-order valence-corrected chi connectivity index (χ4v) is 8.45. The Labute approximate surface area is 375 Å². The van der Waals surface area contributed by atoms with Crippen molar-refractivity contribution < 1.29 is 64.9 Å². The lowest BCUT2D eigenvalue weighted by atomic mass is 9.73. The minimum atomic E-state index is -1.24. The van der Waals surface area contributed by atoms with Crippen LogP contribution in [0.1, 0.15) is 79.7 Å². The van der Waals surface area contributed by atoms with E-state index in [0.29, 0.717) is 38.3 Å². The normalized spacial score (nSPS) is 21.7. The molecule has 0 aromatic heterocycles. The zero-order valence-corrected chi connectivity index (χ0v) is 37.5. The number of carbonyl (C=O) groups is 6. The van der Waals surface area contributed by atoms with Gasteiger partial charge in [0.2, 0.25) is 23.6 Å². The number of amides is 4. The van der Waals surface area contributed by atoms with Crippen molar-refractivity contribution in [2.24, 2.45) is 17.3 Å². The molecule has 4 saturated heterocycles. The van der Waals surface area contributed by atoms with E-state index in [2.05, 4.69) is 21.3 Å². The summed E-state index contributed by atoms with van der Waals surface area (Å²) in [6.07, 6.45) is -0.695. The molecule has 4 fully saturated rings. The van der Waals surface area contributed by atoms with Crippen molar-refractivity contribution in [1.82, 2.24) is 21.3 Å². The van der Waals surface area contributed by atoms with Gasteiger partial charge in [0.05, 0.1) is 36.3 Å². The van der Waals surface area contributed by atoms with Gasteiger partial charge in [-0.05, 0) is 74.6 Å². The number of hydrogen-bond donors (Lipinski definition) is 4. The average Bonchev–Trinajstić information content (AvgIpc) is 3.75. The Morgan fingerprint density at radius 2 is 1.23 bits per heavy atom. The summed E-state index contributed by atoms with van der Waals surface area (Å²) in [6, 6.07) is 3.43. The Kier molecular flexibility index (Phi) is 15.4. The molecule has 2 aromatic rings. The van der Waals surface area contributed by atoms with Crippen LogP contribution < -0.4 is 31.1 Å². The predicted octanol–water partition coefficient (Wildman–Crippen LogP) is 2.92. The second kappa shape index (κ2) is 20.4. The summed E-state index contributed by atoms with van der Waals surface area (Å²) in [5, 5.41) is 10.7. The molecule has 4 N–H and O–H groups in total. The first-order valence-corrected chi connectivity index (χ1v) is 21.9. The molecule has 0 saturated carbocycles. The number of carbonyl (C=O) groups excluding carboxylic acids is 6. The first-order chi connectivity index (χ1) is 30.6. The minimum Gasteiger partial charge on any atom is -0.506 e. The molecule has 4 heterocycles. The highest BCUT2D eigenvalue weighted by molar-refractivity contribution is 6.51. The van der Waals surface area contributed by atoms with Crippen LogP contribution in [0.2, 0.25) is 0 Å². The van der Waals surface area contributed by atoms with Gasteiger partial charge in [0.1, 0.15) is 47.6 Å². The summed E-state index contributed by atoms with van der Waals surface area (Å²) in [5.41, 5.74) is -1.09. The van der Waals surface area contributed by atoms with E-state index in [1.54, 1.807) is 20.8 Å². The number of nitrogens with one attached hydrogen (secondary N) is 4. The van der Waals surface area contributed by atoms with E-state index >= 15 is 8.78 Å². The lowest BCUT2D eigenvalue weighted by Gasteiger charge is -2.42. The highest BCUT2D eigenvalue weighted by atomic mass is 19.1. The highest BCUT2D eigenvalue weighted by Gasteiger charge is 2.52. The molecule has 0 aliphatic carbocycles. The quantitative estimate of drug-likeness (QED) is 0.119. The van der Waals surface area contributed by atoms with E-state index in [-0.39, 0.29) is 41.7 Å². The lowest BCUT2D eigenvalue weighted by Crippen LogP contribution is -2.58. The summed E-state index contributed by atoms with van der Waals surface area (Å²) in [7, 11) is -2.22. The number of nitrogens with zero attached hydrogens (tertiary/aromatic N) is 2. The monoisotopic (exact) mass is 914 g/mol. The van der Waals surface area contributed by atoms with Gasteiger partial charge in [-0.1, -0.05) is 41.5 Å². The first kappa shape index (κ1) is 49.1. The van der Waals surface area contributed by atoms with Crippen molar-refractivity contribution in [3.8, 4) is 0 Å². The van der Waals surface area contributed by atoms with Gasteiger partial charge in [-0.15, -0.1) is 0 Å². The van der Waals surface area contributed by atoms with Crippen LogP contribution in [-0.2, 0) is 53.8 Å². The van der Waals surface area contributed by atoms with Gasteiger partial charge in [-0.3, -0.25) is 28.8 Å². The van der Waals surface area contributed by atoms with Gasteiger partial charge in [0.25, 0.3) is 0 Å². The van der Waals surface area contributed by atoms with Gasteiger partial charge in [-0.2, -0.15) is 0 Å². The van der Waals surface area contributed by atoms with Crippen LogP contribution in [0.4, 0.5) is 28.9 Å². The Hall–Kier alpha value is -5.37. The molecule has 65 heavy (non-hydrogen) atoms. The fraction of sp³-hybridized carbons (Fsp3) is 0.581. The summed E-state index contributed by atoms with van der Waals surface area (Å²) in [4.78, 5) is 80.5. The molecule has 352 valence electrons. The van der Waals surface area contributed by atoms with Crippen molar-refractivity contribution in [2.75, 3.05) is 36.0 Å². The van der Waals surface area contributed by atoms with Gasteiger partial charge in [0.15, 0.2) is 0 Å². The van der Waals surface area contributed by atoms with Crippen LogP contribution in [0, 0.1) is 40.5 Å². The maximum atomic E-state index is 15.5. The van der Waals surface area contributed by atoms with Crippen molar-refractivity contribution >= 4 is 61.2 Å². The van der Waals surface area contributed by atoms with E-state index in [0.717, 1.165) is 12.1 Å². The molecule has 6 rings (SSSR count). The zero-order valence-electron chi connectivity index (χ0n) is 37.5. The molecular weight excluding hydrogens is 858 g/mol. The maximum Gasteiger partial charge on any atom is 0.552 e. The molecule has 16 nitrogen and oxygen atoms in total. The van der Waals surface area contributed by atoms with Crippen LogP contribution in [0.25, 0.3) is 0 Å². The summed E-state index contributed by atoms with van der Waals surface area (Å²) < 4.78 is 81.3. The van der Waals surface area contributed by atoms with Gasteiger partial charge < -0.3 is 49.7 Å². The smallest absolute Gasteiger partial charge is 0.506 e. The summed E-state index contributed by atoms with van der Waals surface area (Å²) >= 11 is 0. The molecule has 2 aromatic carbocycles. The molecule has 0 bridgehead atoms. The van der Waals surface area contributed by atoms with Crippen LogP contribution in [0.5, 0.6) is 0 Å². The van der Waals surface area contributed by atoms with Gasteiger partial charge >= 0.3 is 26.2 Å². The number of halogens is 4. The number of rotatable bonds is 19. The van der Waals surface area contributed by atoms with Crippen LogP contribution in [-0.4, -0.2) is 112 Å². The van der Waals surface area contributed by atoms with Crippen molar-refractivity contribution in [1.29, 1.82) is 0 Å². The van der Waals surface area contributed by atoms with Crippen LogP contribution in [0.3, 0.4) is 0 Å². The molecule has 4 aliphatic rings.